The molecular formula is C25H19NO. The van der Waals surface area contributed by atoms with Gasteiger partial charge in [-0.2, -0.15) is 0 Å². The maximum absolute atomic E-state index is 10.8. The molecule has 1 aliphatic heterocycles. The highest BCUT2D eigenvalue weighted by Gasteiger charge is 2.25. The Labute approximate surface area is 158 Å². The topological polar surface area (TPSA) is 32.6 Å². The van der Waals surface area contributed by atoms with E-state index in [0.29, 0.717) is 0 Å². The van der Waals surface area contributed by atoms with Crippen LogP contribution in [0.5, 0.6) is 5.75 Å². The van der Waals surface area contributed by atoms with Gasteiger partial charge in [0.1, 0.15) is 5.75 Å². The first-order chi connectivity index (χ1) is 13.3. The Kier molecular flexibility index (Phi) is 3.75. The zero-order chi connectivity index (χ0) is 18.2. The van der Waals surface area contributed by atoms with E-state index in [4.69, 9.17) is 4.99 Å². The third kappa shape index (κ3) is 2.70. The molecule has 0 aliphatic carbocycles. The van der Waals surface area contributed by atoms with Crippen molar-refractivity contribution < 1.29 is 5.11 Å². The van der Waals surface area contributed by atoms with Gasteiger partial charge in [0.05, 0.1) is 11.8 Å². The van der Waals surface area contributed by atoms with Gasteiger partial charge >= 0.3 is 0 Å². The van der Waals surface area contributed by atoms with Crippen molar-refractivity contribution in [2.24, 2.45) is 4.99 Å². The second-order valence-corrected chi connectivity index (χ2v) is 6.95. The van der Waals surface area contributed by atoms with Gasteiger partial charge in [-0.15, -0.1) is 0 Å². The molecule has 2 heteroatoms. The zero-order valence-corrected chi connectivity index (χ0v) is 14.8. The molecule has 0 amide bonds. The lowest BCUT2D eigenvalue weighted by Gasteiger charge is -2.25. The molecule has 5 rings (SSSR count). The van der Waals surface area contributed by atoms with E-state index in [0.717, 1.165) is 34.0 Å². The fourth-order valence-electron chi connectivity index (χ4n) is 3.98. The van der Waals surface area contributed by atoms with Crippen LogP contribution in [0, 0.1) is 0 Å². The third-order valence-electron chi connectivity index (χ3n) is 5.30. The summed E-state index contributed by atoms with van der Waals surface area (Å²) in [6.07, 6.45) is 0.870. The lowest BCUT2D eigenvalue weighted by molar-refractivity contribution is 0.475. The lowest BCUT2D eigenvalue weighted by atomic mass is 9.86. The van der Waals surface area contributed by atoms with Crippen molar-refractivity contribution in [3.05, 3.63) is 113 Å². The molecule has 0 spiro atoms. The Balaban J connectivity index is 1.78. The van der Waals surface area contributed by atoms with Crippen LogP contribution in [0.3, 0.4) is 0 Å². The Morgan fingerprint density at radius 2 is 1.48 bits per heavy atom. The molecule has 4 aromatic rings. The quantitative estimate of drug-likeness (QED) is 0.496. The van der Waals surface area contributed by atoms with Crippen LogP contribution in [0.15, 0.2) is 96.0 Å². The standard InChI is InChI=1S/C25H19NO/c27-23-15-14-17-8-4-6-12-20(17)24(23)25-21-13-7-5-11-19(21)16-22(26-25)18-9-2-1-3-10-18/h1-15,22,27H,16H2/t22-/m1/s1. The first kappa shape index (κ1) is 15.8. The molecule has 2 nitrogen and oxygen atoms in total. The molecule has 4 aromatic carbocycles. The van der Waals surface area contributed by atoms with Crippen LogP contribution in [-0.2, 0) is 6.42 Å². The predicted octanol–water partition coefficient (Wildman–Crippen LogP) is 5.68. The number of phenols is 1. The van der Waals surface area contributed by atoms with Crippen LogP contribution in [0.4, 0.5) is 0 Å². The van der Waals surface area contributed by atoms with Crippen molar-refractivity contribution >= 4 is 16.5 Å². The average molecular weight is 349 g/mol. The first-order valence-electron chi connectivity index (χ1n) is 9.23. The number of aromatic hydroxyl groups is 1. The van der Waals surface area contributed by atoms with E-state index >= 15 is 0 Å². The van der Waals surface area contributed by atoms with Gasteiger partial charge in [-0.1, -0.05) is 84.9 Å². The minimum absolute atomic E-state index is 0.0504. The van der Waals surface area contributed by atoms with Gasteiger partial charge in [-0.05, 0) is 34.4 Å². The number of hydrogen-bond donors (Lipinski definition) is 1. The number of benzene rings is 4. The minimum Gasteiger partial charge on any atom is -0.507 e. The predicted molar refractivity (Wildman–Crippen MR) is 111 cm³/mol. The van der Waals surface area contributed by atoms with E-state index in [-0.39, 0.29) is 11.8 Å². The van der Waals surface area contributed by atoms with Gasteiger partial charge in [-0.3, -0.25) is 4.99 Å². The molecule has 0 radical (unpaired) electrons. The molecule has 1 N–H and O–H groups in total. The summed E-state index contributed by atoms with van der Waals surface area (Å²) in [5.41, 5.74) is 5.27. The summed E-state index contributed by atoms with van der Waals surface area (Å²) in [6.45, 7) is 0. The summed E-state index contributed by atoms with van der Waals surface area (Å²) in [4.78, 5) is 5.13. The fourth-order valence-corrected chi connectivity index (χ4v) is 3.98. The van der Waals surface area contributed by atoms with Crippen molar-refractivity contribution in [3.8, 4) is 5.75 Å². The fraction of sp³-hybridized carbons (Fsp3) is 0.0800. The van der Waals surface area contributed by atoms with E-state index in [1.54, 1.807) is 6.07 Å². The molecule has 130 valence electrons. The molecule has 1 aliphatic rings. The van der Waals surface area contributed by atoms with Gasteiger partial charge in [0.25, 0.3) is 0 Å². The number of fused-ring (bicyclic) bond motifs is 2. The van der Waals surface area contributed by atoms with Gasteiger partial charge in [0.15, 0.2) is 0 Å². The highest BCUT2D eigenvalue weighted by Crippen LogP contribution is 2.36. The van der Waals surface area contributed by atoms with E-state index < -0.39 is 0 Å². The zero-order valence-electron chi connectivity index (χ0n) is 14.8. The van der Waals surface area contributed by atoms with Crippen molar-refractivity contribution in [2.45, 2.75) is 12.5 Å². The highest BCUT2D eigenvalue weighted by molar-refractivity contribution is 6.22. The van der Waals surface area contributed by atoms with Crippen LogP contribution in [-0.4, -0.2) is 10.8 Å². The minimum atomic E-state index is 0.0504. The Morgan fingerprint density at radius 3 is 2.37 bits per heavy atom. The monoisotopic (exact) mass is 349 g/mol. The van der Waals surface area contributed by atoms with Gasteiger partial charge in [-0.25, -0.2) is 0 Å². The second kappa shape index (κ2) is 6.40. The normalized spacial score (nSPS) is 16.0. The smallest absolute Gasteiger partial charge is 0.125 e. The van der Waals surface area contributed by atoms with Crippen LogP contribution in [0.2, 0.25) is 0 Å². The summed E-state index contributed by atoms with van der Waals surface area (Å²) in [6, 6.07) is 30.7. The molecule has 1 heterocycles. The van der Waals surface area contributed by atoms with E-state index in [1.807, 2.05) is 30.3 Å². The third-order valence-corrected chi connectivity index (χ3v) is 5.30. The van der Waals surface area contributed by atoms with Crippen molar-refractivity contribution in [3.63, 3.8) is 0 Å². The summed E-state index contributed by atoms with van der Waals surface area (Å²) in [5.74, 6) is 0.274. The molecule has 0 fully saturated rings. The molecule has 0 saturated carbocycles. The van der Waals surface area contributed by atoms with Crippen LogP contribution < -0.4 is 0 Å². The maximum atomic E-state index is 10.8. The molecule has 0 aromatic heterocycles. The summed E-state index contributed by atoms with van der Waals surface area (Å²) in [7, 11) is 0. The Bertz CT molecular complexity index is 1160. The highest BCUT2D eigenvalue weighted by atomic mass is 16.3. The van der Waals surface area contributed by atoms with Crippen molar-refractivity contribution in [1.29, 1.82) is 0 Å². The largest absolute Gasteiger partial charge is 0.507 e. The number of nitrogens with zero attached hydrogens (tertiary/aromatic N) is 1. The summed E-state index contributed by atoms with van der Waals surface area (Å²) in [5, 5.41) is 12.9. The van der Waals surface area contributed by atoms with Crippen molar-refractivity contribution in [1.82, 2.24) is 0 Å². The van der Waals surface area contributed by atoms with Gasteiger partial charge in [0, 0.05) is 11.1 Å². The SMILES string of the molecule is Oc1ccc2ccccc2c1C1=N[C@@H](c2ccccc2)Cc2ccccc21. The molecule has 0 bridgehead atoms. The Hall–Kier alpha value is -3.39. The maximum Gasteiger partial charge on any atom is 0.125 e. The second-order valence-electron chi connectivity index (χ2n) is 6.95. The number of aliphatic imine (C=N–C) groups is 1. The van der Waals surface area contributed by atoms with Gasteiger partial charge < -0.3 is 5.11 Å². The summed E-state index contributed by atoms with van der Waals surface area (Å²) < 4.78 is 0. The number of hydrogen-bond acceptors (Lipinski definition) is 2. The van der Waals surface area contributed by atoms with Crippen LogP contribution in [0.1, 0.15) is 28.3 Å². The molecule has 0 unspecified atom stereocenters. The molecule has 27 heavy (non-hydrogen) atoms. The van der Waals surface area contributed by atoms with E-state index in [2.05, 4.69) is 54.6 Å². The van der Waals surface area contributed by atoms with Gasteiger partial charge in [0.2, 0.25) is 0 Å². The lowest BCUT2D eigenvalue weighted by Crippen LogP contribution is -2.17. The number of rotatable bonds is 2. The average Bonchev–Trinajstić information content (AvgIpc) is 2.74. The Morgan fingerprint density at radius 1 is 0.741 bits per heavy atom. The molecule has 1 atom stereocenters. The van der Waals surface area contributed by atoms with Crippen molar-refractivity contribution in [2.75, 3.05) is 0 Å². The molecule has 0 saturated heterocycles. The number of phenolic OH excluding ortho intramolecular Hbond substituents is 1. The van der Waals surface area contributed by atoms with E-state index in [1.165, 1.54) is 11.1 Å². The van der Waals surface area contributed by atoms with E-state index in [9.17, 15) is 5.11 Å². The summed E-state index contributed by atoms with van der Waals surface area (Å²) >= 11 is 0. The van der Waals surface area contributed by atoms with Crippen LogP contribution in [0.25, 0.3) is 10.8 Å². The van der Waals surface area contributed by atoms with Crippen LogP contribution >= 0.6 is 0 Å². The first-order valence-corrected chi connectivity index (χ1v) is 9.23. The molecular weight excluding hydrogens is 330 g/mol.